The van der Waals surface area contributed by atoms with E-state index in [1.807, 2.05) is 25.1 Å². The number of hydrogen-bond acceptors (Lipinski definition) is 6. The van der Waals surface area contributed by atoms with E-state index in [1.165, 1.54) is 6.07 Å². The Hall–Kier alpha value is -3.16. The van der Waals surface area contributed by atoms with Crippen molar-refractivity contribution in [3.63, 3.8) is 0 Å². The first-order valence-corrected chi connectivity index (χ1v) is 8.93. The summed E-state index contributed by atoms with van der Waals surface area (Å²) in [7, 11) is 0. The summed E-state index contributed by atoms with van der Waals surface area (Å²) < 4.78 is 0. The molecule has 0 aliphatic carbocycles. The zero-order valence-corrected chi connectivity index (χ0v) is 15.2. The molecule has 0 unspecified atom stereocenters. The highest BCUT2D eigenvalue weighted by atomic mass is 16.6. The van der Waals surface area contributed by atoms with Gasteiger partial charge in [0, 0.05) is 43.4 Å². The molecule has 8 nitrogen and oxygen atoms in total. The number of primary amides is 1. The number of aryl methyl sites for hydroxylation is 1. The Morgan fingerprint density at radius 2 is 2.07 bits per heavy atom. The van der Waals surface area contributed by atoms with Crippen molar-refractivity contribution in [1.82, 2.24) is 4.98 Å². The highest BCUT2D eigenvalue weighted by Crippen LogP contribution is 2.30. The predicted molar refractivity (Wildman–Crippen MR) is 104 cm³/mol. The predicted octanol–water partition coefficient (Wildman–Crippen LogP) is 2.61. The number of rotatable bonds is 6. The molecule has 3 rings (SSSR count). The van der Waals surface area contributed by atoms with Crippen molar-refractivity contribution in [2.75, 3.05) is 23.3 Å². The number of para-hydroxylation sites is 1. The van der Waals surface area contributed by atoms with Crippen molar-refractivity contribution >= 4 is 23.1 Å². The van der Waals surface area contributed by atoms with E-state index >= 15 is 0 Å². The van der Waals surface area contributed by atoms with Crippen LogP contribution in [0.2, 0.25) is 0 Å². The summed E-state index contributed by atoms with van der Waals surface area (Å²) in [5.74, 6) is 0.509. The molecule has 2 aromatic rings. The molecule has 1 aliphatic heterocycles. The molecular formula is C19H23N5O3. The number of benzene rings is 1. The van der Waals surface area contributed by atoms with Crippen LogP contribution in [0.3, 0.4) is 0 Å². The summed E-state index contributed by atoms with van der Waals surface area (Å²) in [6.45, 7) is 3.68. The van der Waals surface area contributed by atoms with Gasteiger partial charge in [-0.2, -0.15) is 0 Å². The minimum absolute atomic E-state index is 0.0581. The molecule has 2 heterocycles. The maximum Gasteiger partial charge on any atom is 0.292 e. The summed E-state index contributed by atoms with van der Waals surface area (Å²) in [6.07, 6.45) is 3.15. The lowest BCUT2D eigenvalue weighted by Gasteiger charge is -2.32. The van der Waals surface area contributed by atoms with Crippen molar-refractivity contribution in [3.05, 3.63) is 57.8 Å². The Bertz CT molecular complexity index is 847. The van der Waals surface area contributed by atoms with Gasteiger partial charge >= 0.3 is 0 Å². The molecule has 142 valence electrons. The Kier molecular flexibility index (Phi) is 5.54. The van der Waals surface area contributed by atoms with Crippen molar-refractivity contribution in [1.29, 1.82) is 0 Å². The second-order valence-corrected chi connectivity index (χ2v) is 6.73. The number of nitro benzene ring substituents is 1. The lowest BCUT2D eigenvalue weighted by atomic mass is 9.96. The lowest BCUT2D eigenvalue weighted by Crippen LogP contribution is -2.39. The zero-order valence-electron chi connectivity index (χ0n) is 15.2. The quantitative estimate of drug-likeness (QED) is 0.597. The zero-order chi connectivity index (χ0) is 19.4. The van der Waals surface area contributed by atoms with Crippen LogP contribution in [0.25, 0.3) is 0 Å². The van der Waals surface area contributed by atoms with E-state index in [0.717, 1.165) is 16.9 Å². The number of amides is 1. The van der Waals surface area contributed by atoms with Crippen LogP contribution < -0.4 is 16.0 Å². The monoisotopic (exact) mass is 369 g/mol. The summed E-state index contributed by atoms with van der Waals surface area (Å²) in [4.78, 5) is 28.9. The fourth-order valence-electron chi connectivity index (χ4n) is 3.45. The summed E-state index contributed by atoms with van der Waals surface area (Å²) in [5, 5.41) is 14.5. The normalized spacial score (nSPS) is 14.8. The van der Waals surface area contributed by atoms with Crippen LogP contribution >= 0.6 is 0 Å². The Morgan fingerprint density at radius 3 is 2.74 bits per heavy atom. The van der Waals surface area contributed by atoms with Gasteiger partial charge in [0.25, 0.3) is 5.69 Å². The van der Waals surface area contributed by atoms with Gasteiger partial charge in [0.2, 0.25) is 5.91 Å². The summed E-state index contributed by atoms with van der Waals surface area (Å²) >= 11 is 0. The number of pyridine rings is 1. The molecule has 1 saturated heterocycles. The van der Waals surface area contributed by atoms with E-state index in [2.05, 4.69) is 15.2 Å². The largest absolute Gasteiger partial charge is 0.375 e. The van der Waals surface area contributed by atoms with Gasteiger partial charge in [0.1, 0.15) is 11.5 Å². The number of nitro groups is 1. The lowest BCUT2D eigenvalue weighted by molar-refractivity contribution is -0.384. The highest BCUT2D eigenvalue weighted by Gasteiger charge is 2.25. The second-order valence-electron chi connectivity index (χ2n) is 6.73. The van der Waals surface area contributed by atoms with Gasteiger partial charge in [-0.05, 0) is 31.4 Å². The fraction of sp³-hybridized carbons (Fsp3) is 0.368. The molecule has 0 saturated carbocycles. The van der Waals surface area contributed by atoms with Crippen molar-refractivity contribution in [2.24, 2.45) is 11.7 Å². The molecule has 27 heavy (non-hydrogen) atoms. The van der Waals surface area contributed by atoms with Crippen LogP contribution in [0.4, 0.5) is 17.2 Å². The first kappa shape index (κ1) is 18.6. The summed E-state index contributed by atoms with van der Waals surface area (Å²) in [6, 6.07) is 8.82. The molecule has 1 aromatic carbocycles. The number of hydrogen-bond donors (Lipinski definition) is 2. The number of nitrogens with two attached hydrogens (primary N) is 1. The number of piperidine rings is 1. The SMILES string of the molecule is Cc1cccc([N+](=O)[O-])c1NCc1cccnc1N1CCC(C(N)=O)CC1. The van der Waals surface area contributed by atoms with Gasteiger partial charge in [-0.25, -0.2) is 4.98 Å². The van der Waals surface area contributed by atoms with Crippen molar-refractivity contribution in [2.45, 2.75) is 26.3 Å². The van der Waals surface area contributed by atoms with Gasteiger partial charge in [0.05, 0.1) is 4.92 Å². The molecule has 1 fully saturated rings. The van der Waals surface area contributed by atoms with Crippen LogP contribution in [0.1, 0.15) is 24.0 Å². The third-order valence-corrected chi connectivity index (χ3v) is 4.97. The highest BCUT2D eigenvalue weighted by molar-refractivity contribution is 5.77. The first-order valence-electron chi connectivity index (χ1n) is 8.93. The fourth-order valence-corrected chi connectivity index (χ4v) is 3.45. The molecule has 3 N–H and O–H groups in total. The maximum atomic E-state index is 11.4. The van der Waals surface area contributed by atoms with Gasteiger partial charge in [-0.1, -0.05) is 18.2 Å². The van der Waals surface area contributed by atoms with E-state index in [-0.39, 0.29) is 22.4 Å². The molecule has 1 aliphatic rings. The molecule has 0 spiro atoms. The molecule has 0 bridgehead atoms. The van der Waals surface area contributed by atoms with Gasteiger partial charge in [-0.15, -0.1) is 0 Å². The van der Waals surface area contributed by atoms with Crippen molar-refractivity contribution < 1.29 is 9.72 Å². The average Bonchev–Trinajstić information content (AvgIpc) is 2.67. The van der Waals surface area contributed by atoms with Crippen LogP contribution in [0.15, 0.2) is 36.5 Å². The average molecular weight is 369 g/mol. The Morgan fingerprint density at radius 1 is 1.33 bits per heavy atom. The standard InChI is InChI=1S/C19H23N5O3/c1-13-4-2-6-16(24(26)27)17(13)22-12-15-5-3-9-21-19(15)23-10-7-14(8-11-23)18(20)25/h2-6,9,14,22H,7-8,10-12H2,1H3,(H2,20,25). The van der Waals surface area contributed by atoms with E-state index in [9.17, 15) is 14.9 Å². The third kappa shape index (κ3) is 4.16. The van der Waals surface area contributed by atoms with E-state index in [0.29, 0.717) is 38.2 Å². The van der Waals surface area contributed by atoms with E-state index < -0.39 is 0 Å². The summed E-state index contributed by atoms with van der Waals surface area (Å²) in [5.41, 5.74) is 7.75. The number of carbonyl (C=O) groups is 1. The topological polar surface area (TPSA) is 114 Å². The molecule has 1 aromatic heterocycles. The molecule has 8 heteroatoms. The number of anilines is 2. The second kappa shape index (κ2) is 8.03. The van der Waals surface area contributed by atoms with Gasteiger partial charge < -0.3 is 16.0 Å². The molecule has 0 radical (unpaired) electrons. The number of nitrogens with one attached hydrogen (secondary N) is 1. The van der Waals surface area contributed by atoms with Crippen molar-refractivity contribution in [3.8, 4) is 0 Å². The first-order chi connectivity index (χ1) is 13.0. The van der Waals surface area contributed by atoms with Crippen LogP contribution in [-0.4, -0.2) is 28.9 Å². The van der Waals surface area contributed by atoms with Gasteiger partial charge in [0.15, 0.2) is 0 Å². The smallest absolute Gasteiger partial charge is 0.292 e. The number of nitrogens with zero attached hydrogens (tertiary/aromatic N) is 3. The minimum atomic E-state index is -0.381. The maximum absolute atomic E-state index is 11.4. The van der Waals surface area contributed by atoms with Crippen LogP contribution in [0, 0.1) is 23.0 Å². The molecule has 0 atom stereocenters. The van der Waals surface area contributed by atoms with Crippen LogP contribution in [-0.2, 0) is 11.3 Å². The van der Waals surface area contributed by atoms with E-state index in [4.69, 9.17) is 5.73 Å². The molecular weight excluding hydrogens is 346 g/mol. The third-order valence-electron chi connectivity index (χ3n) is 4.97. The minimum Gasteiger partial charge on any atom is -0.375 e. The Balaban J connectivity index is 1.77. The Labute approximate surface area is 157 Å². The number of aromatic nitrogens is 1. The van der Waals surface area contributed by atoms with Crippen LogP contribution in [0.5, 0.6) is 0 Å². The number of carbonyl (C=O) groups excluding carboxylic acids is 1. The van der Waals surface area contributed by atoms with Gasteiger partial charge in [-0.3, -0.25) is 14.9 Å². The molecule has 1 amide bonds. The van der Waals surface area contributed by atoms with E-state index in [1.54, 1.807) is 12.3 Å².